The molecule has 4 aromatic rings. The van der Waals surface area contributed by atoms with Crippen LogP contribution in [0, 0.1) is 6.92 Å². The Morgan fingerprint density at radius 1 is 1.17 bits per heavy atom. The van der Waals surface area contributed by atoms with Crippen LogP contribution in [0.5, 0.6) is 0 Å². The van der Waals surface area contributed by atoms with Gasteiger partial charge in [-0.15, -0.1) is 5.10 Å². The maximum Gasteiger partial charge on any atom is 0.280 e. The second kappa shape index (κ2) is 9.19. The highest BCUT2D eigenvalue weighted by atomic mass is 19.3. The minimum Gasteiger partial charge on any atom is -0.371 e. The van der Waals surface area contributed by atoms with Crippen molar-refractivity contribution >= 4 is 28.4 Å². The Morgan fingerprint density at radius 2 is 1.97 bits per heavy atom. The quantitative estimate of drug-likeness (QED) is 0.369. The van der Waals surface area contributed by atoms with Crippen LogP contribution in [0.25, 0.3) is 27.9 Å². The molecule has 4 aromatic heterocycles. The first-order chi connectivity index (χ1) is 17.2. The maximum atomic E-state index is 14.7. The molecular weight excluding hydrogens is 478 g/mol. The molecule has 5 rings (SSSR count). The zero-order valence-corrected chi connectivity index (χ0v) is 20.1. The molecule has 9 nitrogen and oxygen atoms in total. The second-order valence-corrected chi connectivity index (χ2v) is 8.87. The number of aryl methyl sites for hydroxylation is 1. The molecule has 2 N–H and O–H groups in total. The highest BCUT2D eigenvalue weighted by Gasteiger charge is 2.44. The number of aromatic nitrogens is 6. The number of piperidine rings is 1. The highest BCUT2D eigenvalue weighted by Crippen LogP contribution is 2.32. The molecule has 0 saturated carbocycles. The molecule has 36 heavy (non-hydrogen) atoms. The number of nitrogens with zero attached hydrogens (tertiary/aromatic N) is 7. The Hall–Kier alpha value is -3.48. The smallest absolute Gasteiger partial charge is 0.280 e. The summed E-state index contributed by atoms with van der Waals surface area (Å²) in [5.74, 6) is -1.97. The van der Waals surface area contributed by atoms with Gasteiger partial charge in [0.1, 0.15) is 16.9 Å². The van der Waals surface area contributed by atoms with E-state index in [1.165, 1.54) is 4.57 Å². The summed E-state index contributed by atoms with van der Waals surface area (Å²) < 4.78 is 58.6. The molecule has 1 aliphatic heterocycles. The zero-order valence-electron chi connectivity index (χ0n) is 20.1. The van der Waals surface area contributed by atoms with Crippen molar-refractivity contribution in [1.82, 2.24) is 34.0 Å². The van der Waals surface area contributed by atoms with E-state index in [1.807, 2.05) is 6.92 Å². The predicted octanol–water partition coefficient (Wildman–Crippen LogP) is 3.90. The summed E-state index contributed by atoms with van der Waals surface area (Å²) in [4.78, 5) is 15.1. The van der Waals surface area contributed by atoms with Crippen LogP contribution in [0.4, 0.5) is 29.3 Å². The third-order valence-corrected chi connectivity index (χ3v) is 6.56. The minimum absolute atomic E-state index is 0.0812. The average molecular weight is 506 g/mol. The fraction of sp³-hybridized carbons (Fsp3) is 0.478. The van der Waals surface area contributed by atoms with Crippen molar-refractivity contribution in [2.45, 2.75) is 45.2 Å². The number of hydrogen-bond donors (Lipinski definition) is 2. The first kappa shape index (κ1) is 24.2. The van der Waals surface area contributed by atoms with Crippen LogP contribution in [-0.4, -0.2) is 79.1 Å². The van der Waals surface area contributed by atoms with Gasteiger partial charge in [-0.25, -0.2) is 32.0 Å². The normalized spacial score (nSPS) is 18.4. The lowest BCUT2D eigenvalue weighted by atomic mass is 10.0. The van der Waals surface area contributed by atoms with Crippen molar-refractivity contribution in [2.75, 3.05) is 37.3 Å². The van der Waals surface area contributed by atoms with Crippen LogP contribution >= 0.6 is 0 Å². The van der Waals surface area contributed by atoms with Crippen LogP contribution in [0.3, 0.4) is 0 Å². The number of hydrogen-bond acceptors (Lipinski definition) is 7. The molecular formula is C23H27F4N9. The summed E-state index contributed by atoms with van der Waals surface area (Å²) in [6, 6.07) is 4.18. The summed E-state index contributed by atoms with van der Waals surface area (Å²) in [7, 11) is 1.68. The van der Waals surface area contributed by atoms with Crippen molar-refractivity contribution < 1.29 is 17.6 Å². The number of nitrogens with one attached hydrogen (secondary N) is 2. The molecule has 1 atom stereocenters. The van der Waals surface area contributed by atoms with Gasteiger partial charge in [-0.3, -0.25) is 4.90 Å². The van der Waals surface area contributed by atoms with Crippen molar-refractivity contribution in [3.63, 3.8) is 0 Å². The van der Waals surface area contributed by atoms with Gasteiger partial charge in [0.25, 0.3) is 12.3 Å². The Morgan fingerprint density at radius 3 is 2.67 bits per heavy atom. The number of likely N-dealkylation sites (tertiary alicyclic amines) is 1. The fourth-order valence-corrected chi connectivity index (χ4v) is 4.70. The van der Waals surface area contributed by atoms with E-state index >= 15 is 0 Å². The van der Waals surface area contributed by atoms with Crippen molar-refractivity contribution in [3.8, 4) is 11.3 Å². The Balaban J connectivity index is 1.51. The molecule has 1 aliphatic rings. The third-order valence-electron chi connectivity index (χ3n) is 6.56. The molecule has 0 bridgehead atoms. The van der Waals surface area contributed by atoms with Crippen molar-refractivity contribution in [3.05, 3.63) is 30.2 Å². The predicted molar refractivity (Wildman–Crippen MR) is 129 cm³/mol. The summed E-state index contributed by atoms with van der Waals surface area (Å²) in [6.45, 7) is 3.85. The van der Waals surface area contributed by atoms with E-state index in [4.69, 9.17) is 0 Å². The number of fused-ring (bicyclic) bond motifs is 2. The van der Waals surface area contributed by atoms with Crippen molar-refractivity contribution in [1.29, 1.82) is 0 Å². The molecule has 0 radical (unpaired) electrons. The summed E-state index contributed by atoms with van der Waals surface area (Å²) in [5.41, 5.74) is 2.65. The molecule has 0 amide bonds. The monoisotopic (exact) mass is 505 g/mol. The van der Waals surface area contributed by atoms with Gasteiger partial charge in [-0.1, -0.05) is 6.92 Å². The lowest BCUT2D eigenvalue weighted by Gasteiger charge is -2.38. The van der Waals surface area contributed by atoms with Gasteiger partial charge in [-0.05, 0) is 38.1 Å². The topological polar surface area (TPSA) is 88.2 Å². The van der Waals surface area contributed by atoms with E-state index in [2.05, 4.69) is 30.7 Å². The first-order valence-corrected chi connectivity index (χ1v) is 11.8. The molecule has 0 unspecified atom stereocenters. The van der Waals surface area contributed by atoms with E-state index in [-0.39, 0.29) is 18.9 Å². The highest BCUT2D eigenvalue weighted by molar-refractivity contribution is 5.89. The molecule has 192 valence electrons. The van der Waals surface area contributed by atoms with Crippen LogP contribution in [0.15, 0.2) is 24.4 Å². The van der Waals surface area contributed by atoms with Crippen LogP contribution < -0.4 is 10.6 Å². The Labute approximate surface area is 204 Å². The Kier molecular flexibility index (Phi) is 6.18. The number of alkyl halides is 4. The number of pyridine rings is 1. The number of halogens is 4. The molecule has 5 heterocycles. The van der Waals surface area contributed by atoms with Crippen molar-refractivity contribution in [2.24, 2.45) is 0 Å². The number of imidazole rings is 1. The van der Waals surface area contributed by atoms with E-state index in [9.17, 15) is 17.6 Å². The third kappa shape index (κ3) is 4.31. The molecule has 1 saturated heterocycles. The van der Waals surface area contributed by atoms with Crippen LogP contribution in [0.2, 0.25) is 0 Å². The lowest BCUT2D eigenvalue weighted by molar-refractivity contribution is -0.0726. The van der Waals surface area contributed by atoms with Crippen LogP contribution in [-0.2, 0) is 6.54 Å². The molecule has 13 heteroatoms. The minimum atomic E-state index is -2.92. The van der Waals surface area contributed by atoms with E-state index in [0.29, 0.717) is 52.7 Å². The molecule has 0 aromatic carbocycles. The molecule has 0 spiro atoms. The summed E-state index contributed by atoms with van der Waals surface area (Å²) in [5, 5.41) is 10.2. The summed E-state index contributed by atoms with van der Waals surface area (Å²) in [6.07, 6.45) is -0.591. The largest absolute Gasteiger partial charge is 0.371 e. The van der Waals surface area contributed by atoms with Gasteiger partial charge in [0.2, 0.25) is 5.95 Å². The fourth-order valence-electron chi connectivity index (χ4n) is 4.70. The summed E-state index contributed by atoms with van der Waals surface area (Å²) >= 11 is 0. The van der Waals surface area contributed by atoms with Gasteiger partial charge >= 0.3 is 0 Å². The van der Waals surface area contributed by atoms with Crippen LogP contribution in [0.1, 0.15) is 19.2 Å². The van der Waals surface area contributed by atoms with Gasteiger partial charge in [0.05, 0.1) is 24.8 Å². The zero-order chi connectivity index (χ0) is 25.6. The first-order valence-electron chi connectivity index (χ1n) is 11.8. The van der Waals surface area contributed by atoms with E-state index in [0.717, 1.165) is 0 Å². The van der Waals surface area contributed by atoms with Gasteiger partial charge in [-0.2, -0.15) is 4.98 Å². The Bertz CT molecular complexity index is 1400. The molecule has 0 aliphatic carbocycles. The van der Waals surface area contributed by atoms with Gasteiger partial charge in [0.15, 0.2) is 11.5 Å². The molecule has 1 fully saturated rings. The van der Waals surface area contributed by atoms with E-state index < -0.39 is 24.9 Å². The second-order valence-electron chi connectivity index (χ2n) is 8.87. The standard InChI is InChI=1S/C23H27F4N9/c1-4-34-9-8-17(23(26,27)12-34)31-22-32-20(28-3)19-14(7-10-36(19)33-22)15-5-6-16-21(30-15)35(11-18(24)25)13(2)29-16/h5-7,10,17-18H,4,8-9,11-12H2,1-3H3,(H2,28,31,32,33)/t17-/m1/s1. The number of anilines is 2. The SMILES string of the molecule is CCN1CC[C@@H](Nc2nc(NC)c3c(-c4ccc5nc(C)n(CC(F)F)c5n4)ccn3n2)C(F)(F)C1. The average Bonchev–Trinajstić information content (AvgIpc) is 3.40. The maximum absolute atomic E-state index is 14.7. The van der Waals surface area contributed by atoms with Gasteiger partial charge in [0, 0.05) is 25.4 Å². The van der Waals surface area contributed by atoms with E-state index in [1.54, 1.807) is 47.8 Å². The lowest BCUT2D eigenvalue weighted by Crippen LogP contribution is -2.54. The van der Waals surface area contributed by atoms with Gasteiger partial charge < -0.3 is 15.2 Å². The number of rotatable bonds is 7.